The lowest BCUT2D eigenvalue weighted by Gasteiger charge is -2.29. The summed E-state index contributed by atoms with van der Waals surface area (Å²) in [5.74, 6) is -0.421. The van der Waals surface area contributed by atoms with Gasteiger partial charge in [0.2, 0.25) is 0 Å². The fourth-order valence-corrected chi connectivity index (χ4v) is 7.71. The number of rotatable bonds is 8. The molecular formula is C28H38N3O8P. The number of hydrogen-bond donors (Lipinski definition) is 1. The summed E-state index contributed by atoms with van der Waals surface area (Å²) in [6.45, 7) is 9.85. The Morgan fingerprint density at radius 3 is 2.60 bits per heavy atom. The van der Waals surface area contributed by atoms with E-state index in [4.69, 9.17) is 23.3 Å². The van der Waals surface area contributed by atoms with Gasteiger partial charge in [-0.15, -0.1) is 0 Å². The Kier molecular flexibility index (Phi) is 8.34. The summed E-state index contributed by atoms with van der Waals surface area (Å²) in [5, 5.41) is 0. The molecular weight excluding hydrogens is 537 g/mol. The molecule has 3 aliphatic rings. The third-order valence-electron chi connectivity index (χ3n) is 7.77. The predicted molar refractivity (Wildman–Crippen MR) is 147 cm³/mol. The van der Waals surface area contributed by atoms with Crippen molar-refractivity contribution in [2.45, 2.75) is 90.1 Å². The van der Waals surface area contributed by atoms with Crippen molar-refractivity contribution < 1.29 is 28.1 Å². The van der Waals surface area contributed by atoms with E-state index in [0.29, 0.717) is 6.42 Å². The van der Waals surface area contributed by atoms with E-state index in [1.165, 1.54) is 16.8 Å². The third-order valence-corrected chi connectivity index (χ3v) is 9.63. The van der Waals surface area contributed by atoms with Gasteiger partial charge in [0.15, 0.2) is 13.0 Å². The van der Waals surface area contributed by atoms with Crippen molar-refractivity contribution in [3.63, 3.8) is 0 Å². The van der Waals surface area contributed by atoms with Gasteiger partial charge in [-0.05, 0) is 52.5 Å². The number of nitrogens with zero attached hydrogens (tertiary/aromatic N) is 2. The first-order chi connectivity index (χ1) is 19.0. The molecule has 1 unspecified atom stereocenters. The number of aromatic amines is 1. The van der Waals surface area contributed by atoms with Crippen LogP contribution in [0.1, 0.15) is 65.7 Å². The van der Waals surface area contributed by atoms with Crippen molar-refractivity contribution in [2.24, 2.45) is 5.41 Å². The molecule has 1 N–H and O–H groups in total. The summed E-state index contributed by atoms with van der Waals surface area (Å²) in [6.07, 6.45) is 1.16. The number of carbonyl (C=O) groups excluding carboxylic acids is 1. The van der Waals surface area contributed by atoms with Gasteiger partial charge in [-0.2, -0.15) is 0 Å². The van der Waals surface area contributed by atoms with Crippen LogP contribution < -0.4 is 11.2 Å². The van der Waals surface area contributed by atoms with Crippen molar-refractivity contribution in [1.82, 2.24) is 14.2 Å². The molecule has 4 heterocycles. The highest BCUT2D eigenvalue weighted by Gasteiger charge is 2.57. The van der Waals surface area contributed by atoms with Crippen LogP contribution in [0.25, 0.3) is 0 Å². The molecule has 3 saturated heterocycles. The van der Waals surface area contributed by atoms with Crippen LogP contribution in [0, 0.1) is 5.41 Å². The fraction of sp³-hybridized carbons (Fsp3) is 0.607. The number of H-pyrrole nitrogens is 1. The zero-order valence-corrected chi connectivity index (χ0v) is 24.5. The number of nitrogens with one attached hydrogen (secondary N) is 1. The summed E-state index contributed by atoms with van der Waals surface area (Å²) in [5.41, 5.74) is -1.31. The Hall–Kier alpha value is -2.40. The van der Waals surface area contributed by atoms with Gasteiger partial charge in [-0.25, -0.2) is 9.46 Å². The van der Waals surface area contributed by atoms with Crippen LogP contribution in [0.2, 0.25) is 0 Å². The molecule has 0 bridgehead atoms. The summed E-state index contributed by atoms with van der Waals surface area (Å²) in [4.78, 5) is 39.2. The van der Waals surface area contributed by atoms with E-state index < -0.39 is 61.3 Å². The highest BCUT2D eigenvalue weighted by atomic mass is 31.2. The second kappa shape index (κ2) is 11.5. The summed E-state index contributed by atoms with van der Waals surface area (Å²) >= 11 is 0. The van der Waals surface area contributed by atoms with E-state index in [2.05, 4.69) is 28.7 Å². The van der Waals surface area contributed by atoms with Gasteiger partial charge in [0.1, 0.15) is 17.8 Å². The van der Waals surface area contributed by atoms with Crippen molar-refractivity contribution in [1.29, 1.82) is 0 Å². The molecule has 0 saturated carbocycles. The minimum atomic E-state index is -1.49. The number of fused-ring (bicyclic) bond motifs is 1. The Labute approximate surface area is 234 Å². The van der Waals surface area contributed by atoms with Gasteiger partial charge in [0.05, 0.1) is 17.6 Å². The minimum Gasteiger partial charge on any atom is -0.438 e. The maximum atomic E-state index is 12.7. The van der Waals surface area contributed by atoms with Crippen LogP contribution in [-0.2, 0) is 33.7 Å². The lowest BCUT2D eigenvalue weighted by molar-refractivity contribution is -0.178. The normalized spacial score (nSPS) is 32.3. The maximum absolute atomic E-state index is 12.7. The Bertz CT molecular complexity index is 1310. The molecule has 218 valence electrons. The zero-order valence-electron chi connectivity index (χ0n) is 23.6. The minimum absolute atomic E-state index is 0.160. The second-order valence-electron chi connectivity index (χ2n) is 11.6. The first-order valence-electron chi connectivity index (χ1n) is 13.8. The Morgan fingerprint density at radius 1 is 1.18 bits per heavy atom. The molecule has 12 heteroatoms. The molecule has 11 nitrogen and oxygen atoms in total. The van der Waals surface area contributed by atoms with Crippen LogP contribution in [0.4, 0.5) is 0 Å². The van der Waals surface area contributed by atoms with Crippen molar-refractivity contribution in [3.05, 3.63) is 69.0 Å². The van der Waals surface area contributed by atoms with E-state index in [9.17, 15) is 14.4 Å². The van der Waals surface area contributed by atoms with Gasteiger partial charge in [0, 0.05) is 18.8 Å². The molecule has 0 radical (unpaired) electrons. The first kappa shape index (κ1) is 29.1. The largest absolute Gasteiger partial charge is 0.438 e. The smallest absolute Gasteiger partial charge is 0.330 e. The third kappa shape index (κ3) is 5.55. The standard InChI is InChI=1S/C28H38N3O8P/c1-6-19-22(38-40-31-15-10-13-20(31)28(5,39-40)18-11-8-7-9-12-18)23(35-17-36-25(33)27(2,3)4)24(37-19)30-16-14-21(32)29-26(30)34/h7-9,11-12,14,16,19-20,22-24H,6,10,13,15,17H2,1-5H3,(H,29,32,34)/t19-,20-,22?,23+,24-,28+,40-/m1/s1. The molecule has 0 spiro atoms. The maximum Gasteiger partial charge on any atom is 0.330 e. The SMILES string of the molecule is CC[C@H]1O[C@@H](n2ccc(=O)[nH]c2=O)[C@@H](OCOC(=O)C(C)(C)C)C1O[P@]1O[C@@](C)(c2ccccc2)[C@H]2CCCN21. The number of benzene rings is 1. The molecule has 7 atom stereocenters. The molecule has 3 fully saturated rings. The molecule has 1 aromatic heterocycles. The van der Waals surface area contributed by atoms with Crippen molar-refractivity contribution in [2.75, 3.05) is 13.3 Å². The van der Waals surface area contributed by atoms with Crippen LogP contribution in [0.15, 0.2) is 52.2 Å². The average Bonchev–Trinajstić information content (AvgIpc) is 3.60. The highest BCUT2D eigenvalue weighted by molar-refractivity contribution is 7.45. The molecule has 5 rings (SSSR count). The second-order valence-corrected chi connectivity index (χ2v) is 13.0. The zero-order chi connectivity index (χ0) is 28.7. The number of ether oxygens (including phenoxy) is 3. The Morgan fingerprint density at radius 2 is 1.93 bits per heavy atom. The highest BCUT2D eigenvalue weighted by Crippen LogP contribution is 2.64. The van der Waals surface area contributed by atoms with E-state index >= 15 is 0 Å². The predicted octanol–water partition coefficient (Wildman–Crippen LogP) is 3.80. The van der Waals surface area contributed by atoms with Gasteiger partial charge < -0.3 is 23.3 Å². The fourth-order valence-electron chi connectivity index (χ4n) is 5.56. The lowest BCUT2D eigenvalue weighted by Crippen LogP contribution is -2.40. The lowest BCUT2D eigenvalue weighted by atomic mass is 9.87. The monoisotopic (exact) mass is 575 g/mol. The molecule has 1 aromatic carbocycles. The van der Waals surface area contributed by atoms with Crippen LogP contribution in [-0.4, -0.2) is 57.9 Å². The van der Waals surface area contributed by atoms with E-state index in [1.807, 2.05) is 25.1 Å². The molecule has 0 amide bonds. The van der Waals surface area contributed by atoms with Crippen molar-refractivity contribution >= 4 is 14.5 Å². The Balaban J connectivity index is 1.43. The van der Waals surface area contributed by atoms with Gasteiger partial charge >= 0.3 is 11.7 Å². The van der Waals surface area contributed by atoms with Crippen LogP contribution in [0.5, 0.6) is 0 Å². The summed E-state index contributed by atoms with van der Waals surface area (Å²) < 4.78 is 34.9. The molecule has 0 aliphatic carbocycles. The van der Waals surface area contributed by atoms with Gasteiger partial charge in [0.25, 0.3) is 14.1 Å². The number of aromatic nitrogens is 2. The van der Waals surface area contributed by atoms with Crippen molar-refractivity contribution in [3.8, 4) is 0 Å². The van der Waals surface area contributed by atoms with Gasteiger partial charge in [-0.3, -0.25) is 19.1 Å². The van der Waals surface area contributed by atoms with Crippen LogP contribution in [0.3, 0.4) is 0 Å². The topological polar surface area (TPSA) is 121 Å². The van der Waals surface area contributed by atoms with Gasteiger partial charge in [-0.1, -0.05) is 37.3 Å². The van der Waals surface area contributed by atoms with E-state index in [-0.39, 0.29) is 12.8 Å². The van der Waals surface area contributed by atoms with Crippen LogP contribution >= 0.6 is 8.53 Å². The van der Waals surface area contributed by atoms with E-state index in [1.54, 1.807) is 20.8 Å². The summed E-state index contributed by atoms with van der Waals surface area (Å²) in [7, 11) is -1.49. The number of carbonyl (C=O) groups is 1. The van der Waals surface area contributed by atoms with E-state index in [0.717, 1.165) is 24.9 Å². The number of esters is 1. The first-order valence-corrected chi connectivity index (χ1v) is 14.9. The number of hydrogen-bond acceptors (Lipinski definition) is 9. The molecule has 3 aliphatic heterocycles. The average molecular weight is 576 g/mol. The molecule has 2 aromatic rings. The summed E-state index contributed by atoms with van der Waals surface area (Å²) in [6, 6.07) is 11.6. The quantitative estimate of drug-likeness (QED) is 0.285. The molecule has 40 heavy (non-hydrogen) atoms.